The molecular formula is C20H24N2O5S. The highest BCUT2D eigenvalue weighted by Gasteiger charge is 2.23. The molecule has 1 aliphatic rings. The second kappa shape index (κ2) is 8.62. The Morgan fingerprint density at radius 3 is 2.64 bits per heavy atom. The lowest BCUT2D eigenvalue weighted by Gasteiger charge is -2.20. The van der Waals surface area contributed by atoms with E-state index in [0.29, 0.717) is 30.2 Å². The van der Waals surface area contributed by atoms with Crippen LogP contribution in [0.4, 0.5) is 5.69 Å². The second-order valence-corrected chi connectivity index (χ2v) is 8.51. The molecular weight excluding hydrogens is 380 g/mol. The molecule has 0 unspecified atom stereocenters. The van der Waals surface area contributed by atoms with Crippen LogP contribution in [0.1, 0.15) is 23.2 Å². The van der Waals surface area contributed by atoms with Gasteiger partial charge in [0.25, 0.3) is 15.9 Å². The summed E-state index contributed by atoms with van der Waals surface area (Å²) in [6.07, 6.45) is 1.94. The van der Waals surface area contributed by atoms with Crippen molar-refractivity contribution in [2.24, 2.45) is 0 Å². The van der Waals surface area contributed by atoms with Crippen molar-refractivity contribution in [1.82, 2.24) is 5.32 Å². The molecule has 0 radical (unpaired) electrons. The van der Waals surface area contributed by atoms with Crippen molar-refractivity contribution in [1.29, 1.82) is 0 Å². The maximum Gasteiger partial charge on any atom is 0.264 e. The average molecular weight is 404 g/mol. The van der Waals surface area contributed by atoms with Crippen molar-refractivity contribution in [3.8, 4) is 5.75 Å². The predicted octanol–water partition coefficient (Wildman–Crippen LogP) is 2.43. The highest BCUT2D eigenvalue weighted by Crippen LogP contribution is 2.24. The third-order valence-corrected chi connectivity index (χ3v) is 6.49. The maximum absolute atomic E-state index is 13.0. The van der Waals surface area contributed by atoms with Crippen LogP contribution in [0.15, 0.2) is 53.4 Å². The fraction of sp³-hybridized carbons (Fsp3) is 0.350. The number of rotatable bonds is 7. The lowest BCUT2D eigenvalue weighted by atomic mass is 10.2. The second-order valence-electron chi connectivity index (χ2n) is 6.54. The standard InChI is InChI=1S/C20H24N2O5S/c1-22(16-8-10-17(26-2)11-9-16)28(24,25)19-7-3-5-15(13-19)20(23)21-14-18-6-4-12-27-18/h3,5,7-11,13,18H,4,6,12,14H2,1-2H3,(H,21,23)/t18-/m1/s1. The number of anilines is 1. The molecule has 8 heteroatoms. The largest absolute Gasteiger partial charge is 0.497 e. The van der Waals surface area contributed by atoms with Crippen LogP contribution in [0.3, 0.4) is 0 Å². The Hall–Kier alpha value is -2.58. The van der Waals surface area contributed by atoms with Crippen molar-refractivity contribution < 1.29 is 22.7 Å². The number of nitrogens with one attached hydrogen (secondary N) is 1. The van der Waals surface area contributed by atoms with E-state index in [1.165, 1.54) is 23.5 Å². The van der Waals surface area contributed by atoms with Crippen molar-refractivity contribution in [3.63, 3.8) is 0 Å². The molecule has 3 rings (SSSR count). The molecule has 1 N–H and O–H groups in total. The molecule has 1 atom stereocenters. The number of carbonyl (C=O) groups is 1. The van der Waals surface area contributed by atoms with E-state index >= 15 is 0 Å². The molecule has 1 fully saturated rings. The molecule has 2 aromatic rings. The number of benzene rings is 2. The number of hydrogen-bond acceptors (Lipinski definition) is 5. The Balaban J connectivity index is 1.75. The smallest absolute Gasteiger partial charge is 0.264 e. The highest BCUT2D eigenvalue weighted by molar-refractivity contribution is 7.92. The van der Waals surface area contributed by atoms with Crippen LogP contribution in [0, 0.1) is 0 Å². The monoisotopic (exact) mass is 404 g/mol. The van der Waals surface area contributed by atoms with Gasteiger partial charge in [0.15, 0.2) is 0 Å². The first kappa shape index (κ1) is 20.2. The van der Waals surface area contributed by atoms with Crippen molar-refractivity contribution >= 4 is 21.6 Å². The van der Waals surface area contributed by atoms with E-state index < -0.39 is 10.0 Å². The van der Waals surface area contributed by atoms with Crippen LogP contribution < -0.4 is 14.4 Å². The Bertz CT molecular complexity index is 922. The Kier molecular flexibility index (Phi) is 6.21. The number of ether oxygens (including phenoxy) is 2. The number of hydrogen-bond donors (Lipinski definition) is 1. The summed E-state index contributed by atoms with van der Waals surface area (Å²) in [5, 5.41) is 2.81. The molecule has 0 aromatic heterocycles. The Morgan fingerprint density at radius 2 is 2.00 bits per heavy atom. The molecule has 0 bridgehead atoms. The van der Waals surface area contributed by atoms with Crippen LogP contribution >= 0.6 is 0 Å². The number of amides is 1. The van der Waals surface area contributed by atoms with Crippen LogP contribution in [0.5, 0.6) is 5.75 Å². The SMILES string of the molecule is COc1ccc(N(C)S(=O)(=O)c2cccc(C(=O)NC[C@H]3CCCO3)c2)cc1. The lowest BCUT2D eigenvalue weighted by molar-refractivity contribution is 0.0857. The van der Waals surface area contributed by atoms with E-state index in [1.807, 2.05) is 0 Å². The van der Waals surface area contributed by atoms with Crippen molar-refractivity contribution in [3.05, 3.63) is 54.1 Å². The summed E-state index contributed by atoms with van der Waals surface area (Å²) in [5.41, 5.74) is 0.788. The van der Waals surface area contributed by atoms with Gasteiger partial charge in [0, 0.05) is 25.8 Å². The molecule has 2 aromatic carbocycles. The first-order chi connectivity index (χ1) is 13.4. The molecule has 28 heavy (non-hydrogen) atoms. The molecule has 7 nitrogen and oxygen atoms in total. The quantitative estimate of drug-likeness (QED) is 0.766. The maximum atomic E-state index is 13.0. The van der Waals surface area contributed by atoms with Crippen molar-refractivity contribution in [2.75, 3.05) is 31.6 Å². The Morgan fingerprint density at radius 1 is 1.25 bits per heavy atom. The van der Waals surface area contributed by atoms with Gasteiger partial charge in [0.1, 0.15) is 5.75 Å². The first-order valence-corrected chi connectivity index (χ1v) is 10.5. The van der Waals surface area contributed by atoms with Gasteiger partial charge in [-0.05, 0) is 55.3 Å². The summed E-state index contributed by atoms with van der Waals surface area (Å²) in [5.74, 6) is 0.319. The summed E-state index contributed by atoms with van der Waals surface area (Å²) in [6.45, 7) is 1.13. The minimum Gasteiger partial charge on any atom is -0.497 e. The first-order valence-electron chi connectivity index (χ1n) is 9.04. The average Bonchev–Trinajstić information content (AvgIpc) is 3.25. The molecule has 150 valence electrons. The molecule has 1 saturated heterocycles. The minimum absolute atomic E-state index is 0.0251. The summed E-state index contributed by atoms with van der Waals surface area (Å²) in [6, 6.07) is 12.7. The molecule has 0 saturated carbocycles. The summed E-state index contributed by atoms with van der Waals surface area (Å²) in [4.78, 5) is 12.5. The van der Waals surface area contributed by atoms with Gasteiger partial charge in [-0.2, -0.15) is 0 Å². The van der Waals surface area contributed by atoms with Gasteiger partial charge in [-0.3, -0.25) is 9.10 Å². The molecule has 0 spiro atoms. The number of sulfonamides is 1. The third-order valence-electron chi connectivity index (χ3n) is 4.70. The normalized spacial score (nSPS) is 16.6. The minimum atomic E-state index is -3.81. The number of nitrogens with zero attached hydrogens (tertiary/aromatic N) is 1. The van der Waals surface area contributed by atoms with Gasteiger partial charge in [-0.15, -0.1) is 0 Å². The van der Waals surface area contributed by atoms with Gasteiger partial charge in [-0.1, -0.05) is 6.07 Å². The van der Waals surface area contributed by atoms with Crippen LogP contribution in [-0.2, 0) is 14.8 Å². The Labute approximate surface area is 165 Å². The van der Waals surface area contributed by atoms with Gasteiger partial charge < -0.3 is 14.8 Å². The van der Waals surface area contributed by atoms with Gasteiger partial charge in [0.05, 0.1) is 23.8 Å². The summed E-state index contributed by atoms with van der Waals surface area (Å²) in [7, 11) is -0.790. The fourth-order valence-electron chi connectivity index (χ4n) is 3.00. The van der Waals surface area contributed by atoms with E-state index in [9.17, 15) is 13.2 Å². The van der Waals surface area contributed by atoms with Crippen LogP contribution in [0.25, 0.3) is 0 Å². The number of carbonyl (C=O) groups excluding carboxylic acids is 1. The van der Waals surface area contributed by atoms with Gasteiger partial charge >= 0.3 is 0 Å². The fourth-order valence-corrected chi connectivity index (χ4v) is 4.24. The lowest BCUT2D eigenvalue weighted by Crippen LogP contribution is -2.32. The van der Waals surface area contributed by atoms with E-state index in [4.69, 9.17) is 9.47 Å². The van der Waals surface area contributed by atoms with Gasteiger partial charge in [0.2, 0.25) is 0 Å². The van der Waals surface area contributed by atoms with E-state index in [0.717, 1.165) is 12.8 Å². The zero-order valence-corrected chi connectivity index (χ0v) is 16.7. The molecule has 1 amide bonds. The predicted molar refractivity (Wildman–Crippen MR) is 106 cm³/mol. The zero-order valence-electron chi connectivity index (χ0n) is 15.9. The van der Waals surface area contributed by atoms with E-state index in [1.54, 1.807) is 43.5 Å². The van der Waals surface area contributed by atoms with E-state index in [-0.39, 0.29) is 16.9 Å². The summed E-state index contributed by atoms with van der Waals surface area (Å²) < 4.78 is 37.7. The van der Waals surface area contributed by atoms with Crippen molar-refractivity contribution in [2.45, 2.75) is 23.8 Å². The zero-order chi connectivity index (χ0) is 20.1. The van der Waals surface area contributed by atoms with Gasteiger partial charge in [-0.25, -0.2) is 8.42 Å². The highest BCUT2D eigenvalue weighted by atomic mass is 32.2. The third kappa shape index (κ3) is 4.45. The van der Waals surface area contributed by atoms with E-state index in [2.05, 4.69) is 5.32 Å². The molecule has 1 heterocycles. The summed E-state index contributed by atoms with van der Waals surface area (Å²) >= 11 is 0. The topological polar surface area (TPSA) is 84.9 Å². The van der Waals surface area contributed by atoms with Crippen LogP contribution in [0.2, 0.25) is 0 Å². The number of methoxy groups -OCH3 is 1. The molecule has 0 aliphatic carbocycles. The molecule has 1 aliphatic heterocycles. The van der Waals surface area contributed by atoms with Crippen LogP contribution in [-0.4, -0.2) is 47.7 Å².